The molecule has 0 fully saturated rings. The normalized spacial score (nSPS) is 11.3. The Kier molecular flexibility index (Phi) is 8.96. The van der Waals surface area contributed by atoms with Crippen molar-refractivity contribution in [3.8, 4) is 17.2 Å². The maximum atomic E-state index is 13.8. The van der Waals surface area contributed by atoms with Gasteiger partial charge in [-0.25, -0.2) is 0 Å². The minimum atomic E-state index is -0.666. The average molecular weight is 605 g/mol. The van der Waals surface area contributed by atoms with E-state index in [0.717, 1.165) is 22.3 Å². The predicted octanol–water partition coefficient (Wildman–Crippen LogP) is 8.23. The highest BCUT2D eigenvalue weighted by atomic mass is 32.2. The molecule has 0 radical (unpaired) electrons. The van der Waals surface area contributed by atoms with Crippen molar-refractivity contribution in [1.29, 1.82) is 5.26 Å². The molecule has 1 heterocycles. The number of non-ortho nitro benzene ring substituents is 1. The van der Waals surface area contributed by atoms with Crippen molar-refractivity contribution in [2.24, 2.45) is 0 Å². The number of amides is 2. The first-order chi connectivity index (χ1) is 20.8. The number of anilines is 2. The SMILES string of the molecule is Cc1ccc(-c2csc(NC(=O)C(Sc3cccc(NC(=O)c4cccc([N+](=O)[O-])c4)c3)c3ccccc3)c2C#N)cc1. The van der Waals surface area contributed by atoms with Crippen LogP contribution in [-0.4, -0.2) is 16.7 Å². The summed E-state index contributed by atoms with van der Waals surface area (Å²) in [5, 5.41) is 28.5. The van der Waals surface area contributed by atoms with Gasteiger partial charge in [0.05, 0.1) is 10.5 Å². The van der Waals surface area contributed by atoms with E-state index in [1.807, 2.05) is 73.0 Å². The molecule has 1 aromatic heterocycles. The van der Waals surface area contributed by atoms with Crippen molar-refractivity contribution in [2.75, 3.05) is 10.6 Å². The second-order valence-electron chi connectivity index (χ2n) is 9.52. The van der Waals surface area contributed by atoms with E-state index < -0.39 is 16.1 Å². The molecular formula is C33H24N4O4S2. The molecule has 0 saturated heterocycles. The first-order valence-corrected chi connectivity index (χ1v) is 14.9. The fourth-order valence-corrected chi connectivity index (χ4v) is 6.34. The van der Waals surface area contributed by atoms with Crippen LogP contribution in [0.4, 0.5) is 16.4 Å². The fourth-order valence-electron chi connectivity index (χ4n) is 4.33. The van der Waals surface area contributed by atoms with E-state index in [2.05, 4.69) is 16.7 Å². The van der Waals surface area contributed by atoms with Crippen molar-refractivity contribution in [1.82, 2.24) is 0 Å². The smallest absolute Gasteiger partial charge is 0.270 e. The summed E-state index contributed by atoms with van der Waals surface area (Å²) in [5.41, 5.74) is 4.40. The number of nitrogens with one attached hydrogen (secondary N) is 2. The lowest BCUT2D eigenvalue weighted by Gasteiger charge is -2.17. The molecule has 5 aromatic rings. The Morgan fingerprint density at radius 3 is 2.40 bits per heavy atom. The molecule has 0 saturated carbocycles. The molecule has 0 aliphatic carbocycles. The monoisotopic (exact) mass is 604 g/mol. The number of nitro groups is 1. The molecule has 10 heteroatoms. The predicted molar refractivity (Wildman–Crippen MR) is 170 cm³/mol. The van der Waals surface area contributed by atoms with Gasteiger partial charge in [0.25, 0.3) is 11.6 Å². The number of thiophene rings is 1. The third-order valence-electron chi connectivity index (χ3n) is 6.51. The van der Waals surface area contributed by atoms with Gasteiger partial charge in [-0.1, -0.05) is 72.3 Å². The molecule has 8 nitrogen and oxygen atoms in total. The lowest BCUT2D eigenvalue weighted by atomic mass is 10.0. The molecular weight excluding hydrogens is 581 g/mol. The number of aryl methyl sites for hydroxylation is 1. The van der Waals surface area contributed by atoms with Gasteiger partial charge in [-0.2, -0.15) is 5.26 Å². The molecule has 1 unspecified atom stereocenters. The standard InChI is InChI=1S/C33H24N4O4S2/c1-21-13-15-22(16-14-21)29-20-42-33(28(29)19-34)36-32(39)30(23-7-3-2-4-8-23)43-27-12-6-10-25(18-27)35-31(38)24-9-5-11-26(17-24)37(40)41/h2-18,20,30H,1H3,(H,35,38)(H,36,39). The quantitative estimate of drug-likeness (QED) is 0.0992. The number of hydrogen-bond acceptors (Lipinski definition) is 7. The van der Waals surface area contributed by atoms with Crippen LogP contribution in [0.15, 0.2) is 113 Å². The number of rotatable bonds is 9. The molecule has 0 aliphatic heterocycles. The first kappa shape index (κ1) is 29.3. The molecule has 0 bridgehead atoms. The summed E-state index contributed by atoms with van der Waals surface area (Å²) in [6, 6.07) is 32.0. The number of hydrogen-bond donors (Lipinski definition) is 2. The van der Waals surface area contributed by atoms with E-state index in [9.17, 15) is 25.0 Å². The van der Waals surface area contributed by atoms with Crippen molar-refractivity contribution < 1.29 is 14.5 Å². The Labute approximate surface area is 256 Å². The Morgan fingerprint density at radius 1 is 0.930 bits per heavy atom. The minimum Gasteiger partial charge on any atom is -0.322 e. The van der Waals surface area contributed by atoms with Crippen LogP contribution in [0.5, 0.6) is 0 Å². The zero-order valence-electron chi connectivity index (χ0n) is 22.8. The van der Waals surface area contributed by atoms with Crippen LogP contribution in [0.3, 0.4) is 0 Å². The third kappa shape index (κ3) is 6.98. The molecule has 2 amide bonds. The average Bonchev–Trinajstić information content (AvgIpc) is 3.43. The third-order valence-corrected chi connectivity index (χ3v) is 8.65. The summed E-state index contributed by atoms with van der Waals surface area (Å²) < 4.78 is 0. The lowest BCUT2D eigenvalue weighted by Crippen LogP contribution is -2.19. The number of carbonyl (C=O) groups is 2. The van der Waals surface area contributed by atoms with Crippen LogP contribution in [0.2, 0.25) is 0 Å². The number of benzene rings is 4. The second-order valence-corrected chi connectivity index (χ2v) is 11.6. The number of nitrogens with zero attached hydrogens (tertiary/aromatic N) is 2. The van der Waals surface area contributed by atoms with Gasteiger partial charge < -0.3 is 10.6 Å². The van der Waals surface area contributed by atoms with Crippen LogP contribution in [0, 0.1) is 28.4 Å². The summed E-state index contributed by atoms with van der Waals surface area (Å²) in [4.78, 5) is 37.8. The lowest BCUT2D eigenvalue weighted by molar-refractivity contribution is -0.384. The van der Waals surface area contributed by atoms with E-state index in [1.54, 1.807) is 18.2 Å². The molecule has 2 N–H and O–H groups in total. The minimum absolute atomic E-state index is 0.156. The summed E-state index contributed by atoms with van der Waals surface area (Å²) in [6.07, 6.45) is 0. The van der Waals surface area contributed by atoms with Crippen LogP contribution >= 0.6 is 23.1 Å². The highest BCUT2D eigenvalue weighted by Crippen LogP contribution is 2.40. The highest BCUT2D eigenvalue weighted by molar-refractivity contribution is 8.00. The second kappa shape index (κ2) is 13.2. The van der Waals surface area contributed by atoms with Gasteiger partial charge in [0.15, 0.2) is 0 Å². The van der Waals surface area contributed by atoms with E-state index >= 15 is 0 Å². The molecule has 4 aromatic carbocycles. The highest BCUT2D eigenvalue weighted by Gasteiger charge is 2.25. The van der Waals surface area contributed by atoms with Crippen LogP contribution < -0.4 is 10.6 Å². The van der Waals surface area contributed by atoms with Crippen molar-refractivity contribution in [3.05, 3.63) is 141 Å². The maximum absolute atomic E-state index is 13.8. The summed E-state index contributed by atoms with van der Waals surface area (Å²) >= 11 is 2.60. The van der Waals surface area contributed by atoms with E-state index in [-0.39, 0.29) is 17.2 Å². The van der Waals surface area contributed by atoms with Gasteiger partial charge in [-0.15, -0.1) is 23.1 Å². The maximum Gasteiger partial charge on any atom is 0.270 e. The van der Waals surface area contributed by atoms with Gasteiger partial charge in [0, 0.05) is 39.2 Å². The van der Waals surface area contributed by atoms with E-state index in [1.165, 1.54) is 47.4 Å². The molecule has 5 rings (SSSR count). The van der Waals surface area contributed by atoms with Crippen LogP contribution in [0.25, 0.3) is 11.1 Å². The fraction of sp³-hybridized carbons (Fsp3) is 0.0606. The van der Waals surface area contributed by atoms with Gasteiger partial charge in [-0.05, 0) is 42.3 Å². The van der Waals surface area contributed by atoms with Crippen LogP contribution in [-0.2, 0) is 4.79 Å². The van der Waals surface area contributed by atoms with E-state index in [4.69, 9.17) is 0 Å². The van der Waals surface area contributed by atoms with Gasteiger partial charge in [0.1, 0.15) is 16.3 Å². The largest absolute Gasteiger partial charge is 0.322 e. The Hall–Kier alpha value is -5.24. The Morgan fingerprint density at radius 2 is 1.67 bits per heavy atom. The molecule has 43 heavy (non-hydrogen) atoms. The topological polar surface area (TPSA) is 125 Å². The summed E-state index contributed by atoms with van der Waals surface area (Å²) in [6.45, 7) is 2.00. The van der Waals surface area contributed by atoms with Crippen molar-refractivity contribution in [3.63, 3.8) is 0 Å². The Bertz CT molecular complexity index is 1850. The van der Waals surface area contributed by atoms with Crippen molar-refractivity contribution in [2.45, 2.75) is 17.1 Å². The van der Waals surface area contributed by atoms with E-state index in [0.29, 0.717) is 21.1 Å². The van der Waals surface area contributed by atoms with Gasteiger partial charge >= 0.3 is 0 Å². The Balaban J connectivity index is 1.37. The number of nitriles is 1. The number of carbonyl (C=O) groups excluding carboxylic acids is 2. The van der Waals surface area contributed by atoms with Gasteiger partial charge in [-0.3, -0.25) is 19.7 Å². The molecule has 1 atom stereocenters. The number of thioether (sulfide) groups is 1. The molecule has 0 aliphatic rings. The number of nitro benzene ring substituents is 1. The summed E-state index contributed by atoms with van der Waals surface area (Å²) in [5.74, 6) is -0.787. The molecule has 0 spiro atoms. The zero-order valence-corrected chi connectivity index (χ0v) is 24.4. The van der Waals surface area contributed by atoms with Crippen molar-refractivity contribution >= 4 is 51.3 Å². The van der Waals surface area contributed by atoms with Crippen LogP contribution in [0.1, 0.15) is 32.3 Å². The first-order valence-electron chi connectivity index (χ1n) is 13.1. The molecule has 212 valence electrons. The zero-order chi connectivity index (χ0) is 30.3. The van der Waals surface area contributed by atoms with Gasteiger partial charge in [0.2, 0.25) is 5.91 Å². The summed E-state index contributed by atoms with van der Waals surface area (Å²) in [7, 11) is 0.